The second-order valence-corrected chi connectivity index (χ2v) is 6.99. The summed E-state index contributed by atoms with van der Waals surface area (Å²) in [5, 5.41) is 0. The minimum Gasteiger partial charge on any atom is -0.372 e. The summed E-state index contributed by atoms with van der Waals surface area (Å²) in [7, 11) is 4.02. The summed E-state index contributed by atoms with van der Waals surface area (Å²) in [6.45, 7) is 8.33. The molecule has 0 amide bonds. The molecule has 0 N–H and O–H groups in total. The van der Waals surface area contributed by atoms with E-state index in [1.54, 1.807) is 0 Å². The zero-order valence-electron chi connectivity index (χ0n) is 16.8. The third-order valence-corrected chi connectivity index (χ3v) is 5.46. The van der Waals surface area contributed by atoms with Crippen LogP contribution in [0.4, 0.5) is 5.69 Å². The lowest BCUT2D eigenvalue weighted by molar-refractivity contribution is 0.0666. The Balaban J connectivity index is 2.34. The Morgan fingerprint density at radius 2 is 1.46 bits per heavy atom. The molecule has 0 aromatic heterocycles. The summed E-state index contributed by atoms with van der Waals surface area (Å²) in [4.78, 5) is 17.9. The molecular formula is C23H32N2O. The van der Waals surface area contributed by atoms with Gasteiger partial charge in [-0.15, -0.1) is 0 Å². The maximum Gasteiger partial charge on any atom is 0.183 e. The van der Waals surface area contributed by atoms with Crippen molar-refractivity contribution in [1.82, 2.24) is 4.90 Å². The van der Waals surface area contributed by atoms with E-state index in [0.717, 1.165) is 25.1 Å². The molecule has 0 aliphatic carbocycles. The molecule has 2 aromatic rings. The van der Waals surface area contributed by atoms with Gasteiger partial charge in [-0.3, -0.25) is 9.69 Å². The average Bonchev–Trinajstić information content (AvgIpc) is 2.67. The Bertz CT molecular complexity index is 690. The molecule has 0 aliphatic rings. The van der Waals surface area contributed by atoms with E-state index in [2.05, 4.69) is 54.8 Å². The molecule has 1 unspecified atom stereocenters. The van der Waals surface area contributed by atoms with Crippen molar-refractivity contribution in [2.45, 2.75) is 39.2 Å². The molecule has 2 aromatic carbocycles. The lowest BCUT2D eigenvalue weighted by atomic mass is 9.80. The van der Waals surface area contributed by atoms with Crippen molar-refractivity contribution in [3.8, 4) is 0 Å². The lowest BCUT2D eigenvalue weighted by Crippen LogP contribution is -2.52. The largest absolute Gasteiger partial charge is 0.372 e. The Hall–Kier alpha value is -2.13. The number of carbonyl (C=O) groups excluding carboxylic acids is 1. The maximum atomic E-state index is 13.5. The molecule has 0 saturated heterocycles. The molecule has 3 heteroatoms. The second kappa shape index (κ2) is 9.00. The smallest absolute Gasteiger partial charge is 0.183 e. The third kappa shape index (κ3) is 4.16. The normalized spacial score (nSPS) is 13.5. The number of likely N-dealkylation sites (N-methyl/N-ethyl adjacent to an activating group) is 1. The summed E-state index contributed by atoms with van der Waals surface area (Å²) in [6, 6.07) is 18.4. The fourth-order valence-electron chi connectivity index (χ4n) is 3.66. The van der Waals surface area contributed by atoms with E-state index in [1.165, 1.54) is 11.3 Å². The molecule has 0 heterocycles. The summed E-state index contributed by atoms with van der Waals surface area (Å²) in [5.74, 6) is 0.194. The Labute approximate surface area is 158 Å². The van der Waals surface area contributed by atoms with Crippen LogP contribution in [0.5, 0.6) is 0 Å². The Kier molecular flexibility index (Phi) is 6.98. The predicted octanol–water partition coefficient (Wildman–Crippen LogP) is 4.67. The van der Waals surface area contributed by atoms with Crippen LogP contribution in [0.25, 0.3) is 0 Å². The van der Waals surface area contributed by atoms with E-state index in [4.69, 9.17) is 0 Å². The molecule has 140 valence electrons. The highest BCUT2D eigenvalue weighted by atomic mass is 16.1. The van der Waals surface area contributed by atoms with E-state index in [9.17, 15) is 4.79 Å². The van der Waals surface area contributed by atoms with Crippen LogP contribution >= 0.6 is 0 Å². The Morgan fingerprint density at radius 3 is 1.92 bits per heavy atom. The number of benzene rings is 2. The summed E-state index contributed by atoms with van der Waals surface area (Å²) in [6.07, 6.45) is 1.49. The van der Waals surface area contributed by atoms with Crippen molar-refractivity contribution in [3.05, 3.63) is 65.7 Å². The summed E-state index contributed by atoms with van der Waals surface area (Å²) >= 11 is 0. The number of anilines is 1. The third-order valence-electron chi connectivity index (χ3n) is 5.46. The second-order valence-electron chi connectivity index (χ2n) is 6.99. The van der Waals surface area contributed by atoms with Crippen molar-refractivity contribution in [2.24, 2.45) is 0 Å². The van der Waals surface area contributed by atoms with Gasteiger partial charge in [0.05, 0.1) is 5.54 Å². The minimum atomic E-state index is -0.530. The van der Waals surface area contributed by atoms with Gasteiger partial charge in [-0.05, 0) is 70.6 Å². The van der Waals surface area contributed by atoms with Crippen LogP contribution in [0.1, 0.15) is 43.1 Å². The topological polar surface area (TPSA) is 23.6 Å². The van der Waals surface area contributed by atoms with Crippen LogP contribution in [0.2, 0.25) is 0 Å². The van der Waals surface area contributed by atoms with Crippen LogP contribution in [0.15, 0.2) is 54.6 Å². The molecule has 0 fully saturated rings. The van der Waals surface area contributed by atoms with Gasteiger partial charge in [0.2, 0.25) is 0 Å². The Morgan fingerprint density at radius 1 is 0.885 bits per heavy atom. The van der Waals surface area contributed by atoms with Crippen molar-refractivity contribution in [2.75, 3.05) is 32.1 Å². The number of hydrogen-bond donors (Lipinski definition) is 0. The zero-order valence-corrected chi connectivity index (χ0v) is 16.8. The highest BCUT2D eigenvalue weighted by Gasteiger charge is 2.39. The number of hydrogen-bond acceptors (Lipinski definition) is 3. The van der Waals surface area contributed by atoms with Crippen LogP contribution < -0.4 is 4.90 Å². The van der Waals surface area contributed by atoms with Gasteiger partial charge in [0.25, 0.3) is 0 Å². The molecule has 26 heavy (non-hydrogen) atoms. The fraction of sp³-hybridized carbons (Fsp3) is 0.435. The standard InChI is InChI=1S/C23H32N2O/c1-6-23(24(4)5,18-19-12-10-9-11-13-19)22(26)20-14-16-21(17-15-20)25(7-2)8-3/h9-17H,6-8,18H2,1-5H3. The van der Waals surface area contributed by atoms with Crippen LogP contribution in [-0.4, -0.2) is 43.4 Å². The molecule has 0 spiro atoms. The summed E-state index contributed by atoms with van der Waals surface area (Å²) < 4.78 is 0. The first-order valence-electron chi connectivity index (χ1n) is 9.59. The fourth-order valence-corrected chi connectivity index (χ4v) is 3.66. The highest BCUT2D eigenvalue weighted by molar-refractivity contribution is 6.03. The SMILES string of the molecule is CCN(CC)c1ccc(C(=O)C(CC)(Cc2ccccc2)N(C)C)cc1. The first-order valence-corrected chi connectivity index (χ1v) is 9.59. The number of carbonyl (C=O) groups is 1. The molecule has 0 aliphatic heterocycles. The number of Topliss-reactive ketones (excluding diaryl/α,β-unsaturated/α-hetero) is 1. The molecule has 0 bridgehead atoms. The van der Waals surface area contributed by atoms with Crippen molar-refractivity contribution < 1.29 is 4.79 Å². The molecule has 2 rings (SSSR count). The van der Waals surface area contributed by atoms with E-state index in [-0.39, 0.29) is 5.78 Å². The van der Waals surface area contributed by atoms with E-state index >= 15 is 0 Å². The van der Waals surface area contributed by atoms with E-state index in [0.29, 0.717) is 6.42 Å². The van der Waals surface area contributed by atoms with E-state index in [1.807, 2.05) is 44.4 Å². The molecule has 1 atom stereocenters. The summed E-state index contributed by atoms with van der Waals surface area (Å²) in [5.41, 5.74) is 2.61. The quantitative estimate of drug-likeness (QED) is 0.613. The van der Waals surface area contributed by atoms with Crippen LogP contribution in [0, 0.1) is 0 Å². The van der Waals surface area contributed by atoms with Crippen LogP contribution in [0.3, 0.4) is 0 Å². The van der Waals surface area contributed by atoms with Gasteiger partial charge in [-0.25, -0.2) is 0 Å². The van der Waals surface area contributed by atoms with Gasteiger partial charge in [0.15, 0.2) is 5.78 Å². The van der Waals surface area contributed by atoms with Crippen molar-refractivity contribution in [3.63, 3.8) is 0 Å². The van der Waals surface area contributed by atoms with Gasteiger partial charge in [0.1, 0.15) is 0 Å². The molecular weight excluding hydrogens is 320 g/mol. The number of rotatable bonds is 9. The number of nitrogens with zero attached hydrogens (tertiary/aromatic N) is 2. The molecule has 3 nitrogen and oxygen atoms in total. The van der Waals surface area contributed by atoms with E-state index < -0.39 is 5.54 Å². The van der Waals surface area contributed by atoms with Gasteiger partial charge < -0.3 is 4.90 Å². The molecule has 0 saturated carbocycles. The first-order chi connectivity index (χ1) is 12.5. The predicted molar refractivity (Wildman–Crippen MR) is 111 cm³/mol. The van der Waals surface area contributed by atoms with Crippen molar-refractivity contribution >= 4 is 11.5 Å². The average molecular weight is 353 g/mol. The first kappa shape index (κ1) is 20.2. The van der Waals surface area contributed by atoms with Crippen molar-refractivity contribution in [1.29, 1.82) is 0 Å². The van der Waals surface area contributed by atoms with Gasteiger partial charge >= 0.3 is 0 Å². The minimum absolute atomic E-state index is 0.194. The highest BCUT2D eigenvalue weighted by Crippen LogP contribution is 2.28. The van der Waals surface area contributed by atoms with Gasteiger partial charge in [-0.2, -0.15) is 0 Å². The zero-order chi connectivity index (χ0) is 19.2. The van der Waals surface area contributed by atoms with Gasteiger partial charge in [0, 0.05) is 24.3 Å². The van der Waals surface area contributed by atoms with Crippen LogP contribution in [-0.2, 0) is 6.42 Å². The molecule has 0 radical (unpaired) electrons. The van der Waals surface area contributed by atoms with Gasteiger partial charge in [-0.1, -0.05) is 37.3 Å². The monoisotopic (exact) mass is 352 g/mol. The number of ketones is 1. The maximum absolute atomic E-state index is 13.5. The lowest BCUT2D eigenvalue weighted by Gasteiger charge is -2.38.